The van der Waals surface area contributed by atoms with E-state index in [0.717, 1.165) is 12.8 Å². The maximum Gasteiger partial charge on any atom is 0.358 e. The van der Waals surface area contributed by atoms with Gasteiger partial charge in [-0.1, -0.05) is 0 Å². The SMILES string of the molecule is COC(=O)c1cnc(N(CCC#N)C2CC2)cn1. The summed E-state index contributed by atoms with van der Waals surface area (Å²) in [6, 6.07) is 2.58. The Bertz CT molecular complexity index is 462. The van der Waals surface area contributed by atoms with Gasteiger partial charge in [0.05, 0.1) is 32.0 Å². The molecule has 0 amide bonds. The minimum Gasteiger partial charge on any atom is -0.464 e. The number of carbonyl (C=O) groups is 1. The molecule has 0 N–H and O–H groups in total. The molecular weight excluding hydrogens is 232 g/mol. The van der Waals surface area contributed by atoms with Crippen molar-refractivity contribution in [3.63, 3.8) is 0 Å². The van der Waals surface area contributed by atoms with E-state index in [-0.39, 0.29) is 5.69 Å². The van der Waals surface area contributed by atoms with Gasteiger partial charge in [0.2, 0.25) is 0 Å². The predicted octanol–water partition coefficient (Wildman–Crippen LogP) is 1.15. The molecule has 18 heavy (non-hydrogen) atoms. The third kappa shape index (κ3) is 2.74. The lowest BCUT2D eigenvalue weighted by Crippen LogP contribution is -2.27. The van der Waals surface area contributed by atoms with Crippen LogP contribution in [0, 0.1) is 11.3 Å². The van der Waals surface area contributed by atoms with E-state index in [1.54, 1.807) is 6.20 Å². The molecule has 0 aliphatic heterocycles. The molecule has 1 aliphatic rings. The van der Waals surface area contributed by atoms with E-state index in [9.17, 15) is 4.79 Å². The van der Waals surface area contributed by atoms with Gasteiger partial charge in [-0.05, 0) is 12.8 Å². The van der Waals surface area contributed by atoms with Gasteiger partial charge >= 0.3 is 5.97 Å². The van der Waals surface area contributed by atoms with Crippen molar-refractivity contribution in [1.82, 2.24) is 9.97 Å². The monoisotopic (exact) mass is 246 g/mol. The highest BCUT2D eigenvalue weighted by molar-refractivity contribution is 5.86. The summed E-state index contributed by atoms with van der Waals surface area (Å²) in [5.74, 6) is 0.212. The minimum atomic E-state index is -0.496. The first-order chi connectivity index (χ1) is 8.76. The molecule has 6 nitrogen and oxygen atoms in total. The van der Waals surface area contributed by atoms with E-state index in [2.05, 4.69) is 25.7 Å². The molecule has 1 fully saturated rings. The van der Waals surface area contributed by atoms with Gasteiger partial charge in [0.1, 0.15) is 5.82 Å². The molecule has 0 atom stereocenters. The number of ether oxygens (including phenoxy) is 1. The molecule has 0 bridgehead atoms. The summed E-state index contributed by atoms with van der Waals surface area (Å²) in [5, 5.41) is 8.64. The number of hydrogen-bond acceptors (Lipinski definition) is 6. The van der Waals surface area contributed by atoms with Crippen LogP contribution in [0.3, 0.4) is 0 Å². The van der Waals surface area contributed by atoms with Crippen molar-refractivity contribution in [3.05, 3.63) is 18.1 Å². The van der Waals surface area contributed by atoms with Crippen molar-refractivity contribution >= 4 is 11.8 Å². The lowest BCUT2D eigenvalue weighted by atomic mass is 10.3. The average Bonchev–Trinajstić information content (AvgIpc) is 3.24. The fourth-order valence-corrected chi connectivity index (χ4v) is 1.72. The van der Waals surface area contributed by atoms with Gasteiger partial charge in [0, 0.05) is 12.6 Å². The third-order valence-corrected chi connectivity index (χ3v) is 2.78. The van der Waals surface area contributed by atoms with E-state index in [4.69, 9.17) is 5.26 Å². The number of rotatable bonds is 5. The van der Waals surface area contributed by atoms with E-state index in [0.29, 0.717) is 24.8 Å². The zero-order chi connectivity index (χ0) is 13.0. The molecule has 1 aromatic rings. The van der Waals surface area contributed by atoms with Crippen LogP contribution < -0.4 is 4.90 Å². The highest BCUT2D eigenvalue weighted by Gasteiger charge is 2.29. The summed E-state index contributed by atoms with van der Waals surface area (Å²) in [6.07, 6.45) is 5.65. The van der Waals surface area contributed by atoms with Crippen LogP contribution in [0.4, 0.5) is 5.82 Å². The molecular formula is C12H14N4O2. The maximum atomic E-state index is 11.2. The number of nitrogens with zero attached hydrogens (tertiary/aromatic N) is 4. The van der Waals surface area contributed by atoms with Crippen LogP contribution in [-0.2, 0) is 4.74 Å². The molecule has 0 spiro atoms. The van der Waals surface area contributed by atoms with Crippen molar-refractivity contribution in [2.45, 2.75) is 25.3 Å². The predicted molar refractivity (Wildman–Crippen MR) is 64.0 cm³/mol. The van der Waals surface area contributed by atoms with Gasteiger partial charge in [-0.15, -0.1) is 0 Å². The van der Waals surface area contributed by atoms with Crippen molar-refractivity contribution < 1.29 is 9.53 Å². The number of nitriles is 1. The van der Waals surface area contributed by atoms with Crippen LogP contribution in [0.5, 0.6) is 0 Å². The molecule has 0 saturated heterocycles. The molecule has 2 rings (SSSR count). The van der Waals surface area contributed by atoms with Gasteiger partial charge < -0.3 is 9.64 Å². The number of hydrogen-bond donors (Lipinski definition) is 0. The molecule has 6 heteroatoms. The Morgan fingerprint density at radius 2 is 2.33 bits per heavy atom. The number of aromatic nitrogens is 2. The summed E-state index contributed by atoms with van der Waals surface area (Å²) in [7, 11) is 1.31. The summed E-state index contributed by atoms with van der Waals surface area (Å²) < 4.78 is 4.56. The minimum absolute atomic E-state index is 0.192. The normalized spacial score (nSPS) is 13.8. The Kier molecular flexibility index (Phi) is 3.72. The third-order valence-electron chi connectivity index (χ3n) is 2.78. The maximum absolute atomic E-state index is 11.2. The van der Waals surface area contributed by atoms with Gasteiger partial charge in [0.25, 0.3) is 0 Å². The summed E-state index contributed by atoms with van der Waals surface area (Å²) in [4.78, 5) is 21.5. The van der Waals surface area contributed by atoms with E-state index < -0.39 is 5.97 Å². The van der Waals surface area contributed by atoms with Gasteiger partial charge in [-0.2, -0.15) is 5.26 Å². The van der Waals surface area contributed by atoms with E-state index in [1.807, 2.05) is 0 Å². The molecule has 0 aromatic carbocycles. The van der Waals surface area contributed by atoms with Crippen LogP contribution in [0.2, 0.25) is 0 Å². The zero-order valence-corrected chi connectivity index (χ0v) is 10.2. The Balaban J connectivity index is 2.11. The molecule has 1 aromatic heterocycles. The van der Waals surface area contributed by atoms with E-state index >= 15 is 0 Å². The van der Waals surface area contributed by atoms with Gasteiger partial charge in [-0.3, -0.25) is 0 Å². The van der Waals surface area contributed by atoms with Crippen molar-refractivity contribution in [2.24, 2.45) is 0 Å². The molecule has 0 radical (unpaired) electrons. The highest BCUT2D eigenvalue weighted by Crippen LogP contribution is 2.30. The van der Waals surface area contributed by atoms with Crippen LogP contribution in [0.25, 0.3) is 0 Å². The first-order valence-corrected chi connectivity index (χ1v) is 5.80. The van der Waals surface area contributed by atoms with Gasteiger partial charge in [-0.25, -0.2) is 14.8 Å². The Morgan fingerprint density at radius 3 is 2.83 bits per heavy atom. The molecule has 94 valence electrons. The van der Waals surface area contributed by atoms with Crippen LogP contribution >= 0.6 is 0 Å². The largest absolute Gasteiger partial charge is 0.464 e. The Morgan fingerprint density at radius 1 is 1.56 bits per heavy atom. The molecule has 1 aliphatic carbocycles. The lowest BCUT2D eigenvalue weighted by Gasteiger charge is -2.21. The molecule has 1 saturated carbocycles. The van der Waals surface area contributed by atoms with Crippen molar-refractivity contribution in [2.75, 3.05) is 18.6 Å². The Labute approximate surface area is 105 Å². The zero-order valence-electron chi connectivity index (χ0n) is 10.2. The number of methoxy groups -OCH3 is 1. The summed E-state index contributed by atoms with van der Waals surface area (Å²) >= 11 is 0. The standard InChI is InChI=1S/C12H14N4O2/c1-18-12(17)10-7-15-11(8-14-10)16(6-2-5-13)9-3-4-9/h7-9H,2-4,6H2,1H3. The van der Waals surface area contributed by atoms with E-state index in [1.165, 1.54) is 13.3 Å². The fraction of sp³-hybridized carbons (Fsp3) is 0.500. The smallest absolute Gasteiger partial charge is 0.358 e. The van der Waals surface area contributed by atoms with Gasteiger partial charge in [0.15, 0.2) is 5.69 Å². The topological polar surface area (TPSA) is 79.1 Å². The first-order valence-electron chi connectivity index (χ1n) is 5.80. The van der Waals surface area contributed by atoms with Crippen LogP contribution in [0.1, 0.15) is 29.8 Å². The summed E-state index contributed by atoms with van der Waals surface area (Å²) in [5.41, 5.74) is 0.192. The number of esters is 1. The second kappa shape index (κ2) is 5.45. The van der Waals surface area contributed by atoms with Crippen molar-refractivity contribution in [3.8, 4) is 6.07 Å². The lowest BCUT2D eigenvalue weighted by molar-refractivity contribution is 0.0593. The second-order valence-electron chi connectivity index (χ2n) is 4.08. The van der Waals surface area contributed by atoms with Crippen LogP contribution in [0.15, 0.2) is 12.4 Å². The molecule has 0 unspecified atom stereocenters. The average molecular weight is 246 g/mol. The quantitative estimate of drug-likeness (QED) is 0.725. The second-order valence-corrected chi connectivity index (χ2v) is 4.08. The van der Waals surface area contributed by atoms with Crippen LogP contribution in [-0.4, -0.2) is 35.6 Å². The fourth-order valence-electron chi connectivity index (χ4n) is 1.72. The highest BCUT2D eigenvalue weighted by atomic mass is 16.5. The number of anilines is 1. The number of carbonyl (C=O) groups excluding carboxylic acids is 1. The Hall–Kier alpha value is -2.16. The summed E-state index contributed by atoms with van der Waals surface area (Å²) in [6.45, 7) is 0.646. The first kappa shape index (κ1) is 12.3. The van der Waals surface area contributed by atoms with Crippen molar-refractivity contribution in [1.29, 1.82) is 5.26 Å². The molecule has 1 heterocycles.